The summed E-state index contributed by atoms with van der Waals surface area (Å²) in [5.41, 5.74) is 0. The summed E-state index contributed by atoms with van der Waals surface area (Å²) in [6, 6.07) is 0. The Bertz CT molecular complexity index is 338. The highest BCUT2D eigenvalue weighted by molar-refractivity contribution is 5.79. The average molecular weight is 209 g/mol. The Balaban J connectivity index is 1.76. The molecule has 0 aliphatic carbocycles. The molecule has 1 fully saturated rings. The number of Topliss-reactive ketones (excluding diaryl/α,β-unsaturated/α-hetero) is 1. The second-order valence-electron chi connectivity index (χ2n) is 3.86. The highest BCUT2D eigenvalue weighted by Crippen LogP contribution is 2.06. The van der Waals surface area contributed by atoms with Crippen LogP contribution in [0.5, 0.6) is 0 Å². The van der Waals surface area contributed by atoms with Gasteiger partial charge in [0.2, 0.25) is 5.89 Å². The summed E-state index contributed by atoms with van der Waals surface area (Å²) in [6.45, 7) is 4.44. The molecule has 0 amide bonds. The number of carbonyl (C=O) groups is 1. The number of aromatic nitrogens is 2. The van der Waals surface area contributed by atoms with E-state index in [1.54, 1.807) is 6.92 Å². The van der Waals surface area contributed by atoms with Crippen molar-refractivity contribution in [1.82, 2.24) is 15.0 Å². The van der Waals surface area contributed by atoms with Gasteiger partial charge in [-0.15, -0.1) is 0 Å². The molecule has 5 heteroatoms. The summed E-state index contributed by atoms with van der Waals surface area (Å²) >= 11 is 0. The highest BCUT2D eigenvalue weighted by Gasteiger charge is 2.16. The van der Waals surface area contributed by atoms with Crippen molar-refractivity contribution < 1.29 is 9.32 Å². The van der Waals surface area contributed by atoms with Gasteiger partial charge in [-0.3, -0.25) is 4.79 Å². The molecule has 2 heterocycles. The molecule has 15 heavy (non-hydrogen) atoms. The van der Waals surface area contributed by atoms with E-state index in [-0.39, 0.29) is 0 Å². The molecule has 2 rings (SSSR count). The van der Waals surface area contributed by atoms with E-state index in [2.05, 4.69) is 15.0 Å². The second kappa shape index (κ2) is 4.53. The normalized spacial score (nSPS) is 18.3. The summed E-state index contributed by atoms with van der Waals surface area (Å²) in [4.78, 5) is 17.4. The van der Waals surface area contributed by atoms with Gasteiger partial charge in [-0.2, -0.15) is 4.98 Å². The summed E-state index contributed by atoms with van der Waals surface area (Å²) < 4.78 is 4.89. The van der Waals surface area contributed by atoms with Gasteiger partial charge in [-0.1, -0.05) is 5.16 Å². The van der Waals surface area contributed by atoms with Crippen LogP contribution in [0.15, 0.2) is 4.52 Å². The zero-order valence-corrected chi connectivity index (χ0v) is 8.90. The predicted molar refractivity (Wildman–Crippen MR) is 53.4 cm³/mol. The van der Waals surface area contributed by atoms with Gasteiger partial charge in [0.1, 0.15) is 5.78 Å². The summed E-state index contributed by atoms with van der Waals surface area (Å²) in [6.07, 6.45) is 2.17. The summed E-state index contributed by atoms with van der Waals surface area (Å²) in [7, 11) is 0. The third-order valence-electron chi connectivity index (χ3n) is 2.64. The van der Waals surface area contributed by atoms with Gasteiger partial charge < -0.3 is 9.42 Å². The lowest BCUT2D eigenvalue weighted by molar-refractivity contribution is -0.121. The Hall–Kier alpha value is -1.23. The molecule has 1 aromatic heterocycles. The first-order valence-corrected chi connectivity index (χ1v) is 5.27. The molecule has 1 aliphatic rings. The minimum Gasteiger partial charge on any atom is -0.340 e. The van der Waals surface area contributed by atoms with E-state index in [1.807, 2.05) is 0 Å². The first kappa shape index (κ1) is 10.3. The van der Waals surface area contributed by atoms with Crippen molar-refractivity contribution in [3.05, 3.63) is 11.7 Å². The van der Waals surface area contributed by atoms with Crippen LogP contribution in [0.4, 0.5) is 0 Å². The second-order valence-corrected chi connectivity index (χ2v) is 3.86. The standard InChI is InChI=1S/C10H15N3O2/c1-8-11-10(12-15-8)4-7-13-5-2-9(14)3-6-13/h2-7H2,1H3. The van der Waals surface area contributed by atoms with Crippen molar-refractivity contribution in [2.75, 3.05) is 19.6 Å². The van der Waals surface area contributed by atoms with Crippen LogP contribution in [0.25, 0.3) is 0 Å². The molecule has 0 unspecified atom stereocenters. The lowest BCUT2D eigenvalue weighted by Crippen LogP contribution is -2.35. The maximum atomic E-state index is 11.0. The molecule has 0 N–H and O–H groups in total. The average Bonchev–Trinajstić information content (AvgIpc) is 2.64. The number of piperidine rings is 1. The number of carbonyl (C=O) groups excluding carboxylic acids is 1. The van der Waals surface area contributed by atoms with Crippen LogP contribution < -0.4 is 0 Å². The highest BCUT2D eigenvalue weighted by atomic mass is 16.5. The molecular weight excluding hydrogens is 194 g/mol. The first-order chi connectivity index (χ1) is 7.24. The molecule has 5 nitrogen and oxygen atoms in total. The number of likely N-dealkylation sites (tertiary alicyclic amines) is 1. The minimum absolute atomic E-state index is 0.377. The van der Waals surface area contributed by atoms with Crippen LogP contribution >= 0.6 is 0 Å². The van der Waals surface area contributed by atoms with Crippen LogP contribution in [0.3, 0.4) is 0 Å². The lowest BCUT2D eigenvalue weighted by atomic mass is 10.1. The molecule has 1 saturated heterocycles. The van der Waals surface area contributed by atoms with Gasteiger partial charge in [-0.05, 0) is 0 Å². The maximum Gasteiger partial charge on any atom is 0.223 e. The SMILES string of the molecule is Cc1nc(CCN2CCC(=O)CC2)no1. The molecular formula is C10H15N3O2. The maximum absolute atomic E-state index is 11.0. The first-order valence-electron chi connectivity index (χ1n) is 5.27. The van der Waals surface area contributed by atoms with Gasteiger partial charge in [0.25, 0.3) is 0 Å². The number of aryl methyl sites for hydroxylation is 1. The van der Waals surface area contributed by atoms with E-state index < -0.39 is 0 Å². The lowest BCUT2D eigenvalue weighted by Gasteiger charge is -2.24. The van der Waals surface area contributed by atoms with E-state index in [0.29, 0.717) is 24.5 Å². The van der Waals surface area contributed by atoms with Gasteiger partial charge in [-0.25, -0.2) is 0 Å². The third kappa shape index (κ3) is 2.86. The molecule has 0 spiro atoms. The zero-order valence-electron chi connectivity index (χ0n) is 8.90. The number of hydrogen-bond acceptors (Lipinski definition) is 5. The van der Waals surface area contributed by atoms with Crippen molar-refractivity contribution in [2.45, 2.75) is 26.2 Å². The van der Waals surface area contributed by atoms with Gasteiger partial charge in [0.05, 0.1) is 0 Å². The van der Waals surface area contributed by atoms with Gasteiger partial charge in [0, 0.05) is 45.8 Å². The fourth-order valence-electron chi connectivity index (χ4n) is 1.73. The van der Waals surface area contributed by atoms with E-state index in [0.717, 1.165) is 31.9 Å². The van der Waals surface area contributed by atoms with Gasteiger partial charge >= 0.3 is 0 Å². The van der Waals surface area contributed by atoms with Crippen LogP contribution in [0.2, 0.25) is 0 Å². The topological polar surface area (TPSA) is 59.2 Å². The smallest absolute Gasteiger partial charge is 0.223 e. The van der Waals surface area contributed by atoms with Crippen molar-refractivity contribution in [3.8, 4) is 0 Å². The number of rotatable bonds is 3. The van der Waals surface area contributed by atoms with Crippen molar-refractivity contribution in [1.29, 1.82) is 0 Å². The third-order valence-corrected chi connectivity index (χ3v) is 2.64. The molecule has 0 bridgehead atoms. The largest absolute Gasteiger partial charge is 0.340 e. The monoisotopic (exact) mass is 209 g/mol. The molecule has 0 aromatic carbocycles. The van der Waals surface area contributed by atoms with E-state index in [9.17, 15) is 4.79 Å². The zero-order chi connectivity index (χ0) is 10.7. The molecule has 1 aliphatic heterocycles. The van der Waals surface area contributed by atoms with Crippen LogP contribution in [0, 0.1) is 6.92 Å². The van der Waals surface area contributed by atoms with Crippen molar-refractivity contribution in [3.63, 3.8) is 0 Å². The van der Waals surface area contributed by atoms with Crippen LogP contribution in [-0.2, 0) is 11.2 Å². The van der Waals surface area contributed by atoms with E-state index >= 15 is 0 Å². The molecule has 0 radical (unpaired) electrons. The molecule has 82 valence electrons. The Morgan fingerprint density at radius 1 is 1.40 bits per heavy atom. The Labute approximate surface area is 88.5 Å². The summed E-state index contributed by atoms with van der Waals surface area (Å²) in [5, 5.41) is 3.84. The fraction of sp³-hybridized carbons (Fsp3) is 0.700. The van der Waals surface area contributed by atoms with Crippen LogP contribution in [-0.4, -0.2) is 40.5 Å². The molecule has 0 atom stereocenters. The molecule has 0 saturated carbocycles. The van der Waals surface area contributed by atoms with Crippen LogP contribution in [0.1, 0.15) is 24.6 Å². The predicted octanol–water partition coefficient (Wildman–Crippen LogP) is 0.585. The minimum atomic E-state index is 0.377. The van der Waals surface area contributed by atoms with E-state index in [4.69, 9.17) is 4.52 Å². The van der Waals surface area contributed by atoms with Gasteiger partial charge in [0.15, 0.2) is 5.82 Å². The fourth-order valence-corrected chi connectivity index (χ4v) is 1.73. The Morgan fingerprint density at radius 2 is 2.13 bits per heavy atom. The quantitative estimate of drug-likeness (QED) is 0.729. The van der Waals surface area contributed by atoms with Crippen molar-refractivity contribution >= 4 is 5.78 Å². The number of nitrogens with zero attached hydrogens (tertiary/aromatic N) is 3. The Kier molecular flexibility index (Phi) is 3.11. The Morgan fingerprint density at radius 3 is 2.73 bits per heavy atom. The number of hydrogen-bond donors (Lipinski definition) is 0. The number of ketones is 1. The summed E-state index contributed by atoms with van der Waals surface area (Å²) in [5.74, 6) is 1.74. The molecule has 1 aromatic rings. The van der Waals surface area contributed by atoms with E-state index in [1.165, 1.54) is 0 Å². The van der Waals surface area contributed by atoms with Crippen molar-refractivity contribution in [2.24, 2.45) is 0 Å².